The Morgan fingerprint density at radius 3 is 1.39 bits per heavy atom. The molecule has 2 aromatic carbocycles. The van der Waals surface area contributed by atoms with Crippen molar-refractivity contribution in [3.63, 3.8) is 0 Å². The van der Waals surface area contributed by atoms with Crippen LogP contribution in [0.3, 0.4) is 0 Å². The highest BCUT2D eigenvalue weighted by Gasteiger charge is 2.36. The SMILES string of the molecule is CCCCCCCCN(S(=O)(=O)c1ccc([N+](=O)[O-])cc1)S(=O)(=O)c1ccc([N+](=O)[O-])cc1. The van der Waals surface area contributed by atoms with E-state index in [1.54, 1.807) is 0 Å². The van der Waals surface area contributed by atoms with Gasteiger partial charge in [-0.1, -0.05) is 42.7 Å². The van der Waals surface area contributed by atoms with Gasteiger partial charge in [-0.3, -0.25) is 20.2 Å². The molecule has 0 amide bonds. The average Bonchev–Trinajstić information content (AvgIpc) is 2.78. The van der Waals surface area contributed by atoms with Crippen LogP contribution in [0.2, 0.25) is 0 Å². The number of non-ortho nitro benzene ring substituents is 2. The quantitative estimate of drug-likeness (QED) is 0.225. The summed E-state index contributed by atoms with van der Waals surface area (Å²) >= 11 is 0. The highest BCUT2D eigenvalue weighted by Crippen LogP contribution is 2.27. The zero-order valence-corrected chi connectivity index (χ0v) is 19.6. The summed E-state index contributed by atoms with van der Waals surface area (Å²) in [6.45, 7) is 1.72. The first kappa shape index (κ1) is 26.4. The smallest absolute Gasteiger partial charge is 0.258 e. The summed E-state index contributed by atoms with van der Waals surface area (Å²) in [6.07, 6.45) is 4.70. The third kappa shape index (κ3) is 6.55. The van der Waals surface area contributed by atoms with Crippen molar-refractivity contribution < 1.29 is 26.7 Å². The molecule has 0 aliphatic heterocycles. The van der Waals surface area contributed by atoms with Crippen molar-refractivity contribution in [3.8, 4) is 0 Å². The fourth-order valence-corrected chi connectivity index (χ4v) is 6.82. The highest BCUT2D eigenvalue weighted by molar-refractivity contribution is 8.04. The Kier molecular flexibility index (Phi) is 9.02. The van der Waals surface area contributed by atoms with Gasteiger partial charge in [-0.2, -0.15) is 0 Å². The Bertz CT molecular complexity index is 1090. The van der Waals surface area contributed by atoms with Crippen molar-refractivity contribution in [2.24, 2.45) is 0 Å². The first-order valence-electron chi connectivity index (χ1n) is 10.3. The summed E-state index contributed by atoms with van der Waals surface area (Å²) in [4.78, 5) is 19.5. The topological polar surface area (TPSA) is 158 Å². The Hall–Kier alpha value is -2.90. The van der Waals surface area contributed by atoms with E-state index >= 15 is 0 Å². The number of hydrogen-bond acceptors (Lipinski definition) is 8. The largest absolute Gasteiger partial charge is 0.269 e. The highest BCUT2D eigenvalue weighted by atomic mass is 32.3. The third-order valence-corrected chi connectivity index (χ3v) is 9.27. The number of hydrogen-bond donors (Lipinski definition) is 0. The number of sulfonamides is 2. The predicted molar refractivity (Wildman–Crippen MR) is 121 cm³/mol. The van der Waals surface area contributed by atoms with Gasteiger partial charge in [-0.25, -0.2) is 16.8 Å². The Morgan fingerprint density at radius 2 is 1.03 bits per heavy atom. The second-order valence-corrected chi connectivity index (χ2v) is 11.2. The molecule has 13 heteroatoms. The van der Waals surface area contributed by atoms with E-state index in [0.717, 1.165) is 74.2 Å². The molecule has 0 aromatic heterocycles. The number of benzene rings is 2. The molecule has 0 N–H and O–H groups in total. The van der Waals surface area contributed by atoms with Crippen molar-refractivity contribution >= 4 is 31.4 Å². The van der Waals surface area contributed by atoms with E-state index in [2.05, 4.69) is 6.92 Å². The van der Waals surface area contributed by atoms with Crippen molar-refractivity contribution in [2.45, 2.75) is 55.2 Å². The molecule has 0 saturated carbocycles. The molecule has 0 aliphatic rings. The van der Waals surface area contributed by atoms with Crippen LogP contribution in [0.5, 0.6) is 0 Å². The summed E-state index contributed by atoms with van der Waals surface area (Å²) in [7, 11) is -9.17. The number of nitro groups is 2. The molecule has 0 fully saturated rings. The lowest BCUT2D eigenvalue weighted by Gasteiger charge is -2.22. The lowest BCUT2D eigenvalue weighted by Crippen LogP contribution is -2.37. The summed E-state index contributed by atoms with van der Waals surface area (Å²) in [5.74, 6) is 0. The van der Waals surface area contributed by atoms with Crippen LogP contribution in [0.15, 0.2) is 58.3 Å². The molecule has 0 aliphatic carbocycles. The lowest BCUT2D eigenvalue weighted by atomic mass is 10.1. The van der Waals surface area contributed by atoms with E-state index in [1.807, 2.05) is 0 Å². The second kappa shape index (κ2) is 11.3. The number of nitro benzene ring substituents is 2. The van der Waals surface area contributed by atoms with Crippen LogP contribution in [0.25, 0.3) is 0 Å². The fraction of sp³-hybridized carbons (Fsp3) is 0.400. The van der Waals surface area contributed by atoms with Gasteiger partial charge < -0.3 is 0 Å². The minimum Gasteiger partial charge on any atom is -0.258 e. The van der Waals surface area contributed by atoms with Gasteiger partial charge in [0, 0.05) is 30.8 Å². The minimum absolute atomic E-state index is 0.280. The van der Waals surface area contributed by atoms with Gasteiger partial charge in [0.15, 0.2) is 0 Å². The molecule has 2 rings (SSSR count). The van der Waals surface area contributed by atoms with Crippen molar-refractivity contribution in [1.82, 2.24) is 3.71 Å². The first-order chi connectivity index (χ1) is 15.5. The number of unbranched alkanes of at least 4 members (excludes halogenated alkanes) is 5. The Morgan fingerprint density at radius 1 is 0.667 bits per heavy atom. The van der Waals surface area contributed by atoms with Crippen molar-refractivity contribution in [1.29, 1.82) is 0 Å². The molecule has 0 bridgehead atoms. The third-order valence-electron chi connectivity index (χ3n) is 4.92. The molecule has 180 valence electrons. The average molecular weight is 500 g/mol. The van der Waals surface area contributed by atoms with E-state index in [1.165, 1.54) is 0 Å². The van der Waals surface area contributed by atoms with Crippen LogP contribution in [-0.4, -0.2) is 36.9 Å². The molecule has 33 heavy (non-hydrogen) atoms. The number of nitrogens with zero attached hydrogens (tertiary/aromatic N) is 3. The fourth-order valence-electron chi connectivity index (χ4n) is 3.11. The minimum atomic E-state index is -4.58. The Labute approximate surface area is 192 Å². The van der Waals surface area contributed by atoms with E-state index < -0.39 is 39.7 Å². The molecule has 2 aromatic rings. The van der Waals surface area contributed by atoms with E-state index in [0.29, 0.717) is 10.1 Å². The van der Waals surface area contributed by atoms with Crippen LogP contribution in [-0.2, 0) is 20.0 Å². The maximum absolute atomic E-state index is 13.2. The summed E-state index contributed by atoms with van der Waals surface area (Å²) in [6, 6.07) is 7.84. The molecule has 0 heterocycles. The van der Waals surface area contributed by atoms with Crippen LogP contribution in [0.4, 0.5) is 11.4 Å². The summed E-state index contributed by atoms with van der Waals surface area (Å²) in [5, 5.41) is 21.7. The van der Waals surface area contributed by atoms with Gasteiger partial charge in [0.1, 0.15) is 0 Å². The van der Waals surface area contributed by atoms with E-state index in [9.17, 15) is 37.1 Å². The molecular formula is C20H25N3O8S2. The molecule has 0 radical (unpaired) electrons. The maximum atomic E-state index is 13.2. The first-order valence-corrected chi connectivity index (χ1v) is 13.2. The maximum Gasteiger partial charge on any atom is 0.269 e. The zero-order valence-electron chi connectivity index (χ0n) is 18.0. The van der Waals surface area contributed by atoms with Gasteiger partial charge in [-0.15, -0.1) is 0 Å². The molecule has 11 nitrogen and oxygen atoms in total. The Balaban J connectivity index is 2.41. The normalized spacial score (nSPS) is 12.1. The van der Waals surface area contributed by atoms with Gasteiger partial charge in [-0.05, 0) is 30.7 Å². The van der Waals surface area contributed by atoms with Gasteiger partial charge in [0.25, 0.3) is 31.4 Å². The van der Waals surface area contributed by atoms with E-state index in [4.69, 9.17) is 0 Å². The van der Waals surface area contributed by atoms with Crippen LogP contribution >= 0.6 is 0 Å². The molecular weight excluding hydrogens is 474 g/mol. The monoisotopic (exact) mass is 499 g/mol. The van der Waals surface area contributed by atoms with Gasteiger partial charge in [0.2, 0.25) is 0 Å². The van der Waals surface area contributed by atoms with Crippen LogP contribution < -0.4 is 0 Å². The predicted octanol–water partition coefficient (Wildman–Crippen LogP) is 4.24. The summed E-state index contributed by atoms with van der Waals surface area (Å²) in [5.41, 5.74) is -0.677. The van der Waals surface area contributed by atoms with Gasteiger partial charge in [0.05, 0.1) is 19.6 Å². The van der Waals surface area contributed by atoms with Crippen molar-refractivity contribution in [3.05, 3.63) is 68.8 Å². The number of rotatable bonds is 13. The standard InChI is InChI=1S/C20H25N3O8S2/c1-2-3-4-5-6-7-16-21(32(28,29)19-12-8-17(9-13-19)22(24)25)33(30,31)20-14-10-18(11-15-20)23(26)27/h8-15H,2-7,16H2,1H3. The van der Waals surface area contributed by atoms with E-state index in [-0.39, 0.29) is 24.3 Å². The van der Waals surface area contributed by atoms with Crippen LogP contribution in [0.1, 0.15) is 45.4 Å². The molecule has 0 atom stereocenters. The summed E-state index contributed by atoms with van der Waals surface area (Å²) < 4.78 is 53.3. The van der Waals surface area contributed by atoms with Crippen molar-refractivity contribution in [2.75, 3.05) is 6.54 Å². The molecule has 0 spiro atoms. The zero-order chi connectivity index (χ0) is 24.6. The van der Waals surface area contributed by atoms with Crippen LogP contribution in [0, 0.1) is 20.2 Å². The van der Waals surface area contributed by atoms with Gasteiger partial charge >= 0.3 is 0 Å². The molecule has 0 unspecified atom stereocenters. The second-order valence-electron chi connectivity index (χ2n) is 7.28. The molecule has 0 saturated heterocycles. The lowest BCUT2D eigenvalue weighted by molar-refractivity contribution is -0.385.